The Balaban J connectivity index is 1.98. The summed E-state index contributed by atoms with van der Waals surface area (Å²) in [7, 11) is 0. The lowest BCUT2D eigenvalue weighted by molar-refractivity contribution is -0.121. The van der Waals surface area contributed by atoms with Crippen molar-refractivity contribution in [2.75, 3.05) is 5.32 Å². The third-order valence-corrected chi connectivity index (χ3v) is 5.00. The van der Waals surface area contributed by atoms with Crippen LogP contribution in [-0.2, 0) is 21.4 Å². The third kappa shape index (κ3) is 5.89. The van der Waals surface area contributed by atoms with Crippen LogP contribution in [0.5, 0.6) is 0 Å². The summed E-state index contributed by atoms with van der Waals surface area (Å²) in [5.74, 6) is -0.552. The Morgan fingerprint density at radius 3 is 2.39 bits per heavy atom. The molecule has 1 atom stereocenters. The van der Waals surface area contributed by atoms with Gasteiger partial charge < -0.3 is 10.6 Å². The predicted molar refractivity (Wildman–Crippen MR) is 111 cm³/mol. The maximum atomic E-state index is 12.3. The molecule has 28 heavy (non-hydrogen) atoms. The molecule has 0 aliphatic carbocycles. The molecule has 1 aromatic carbocycles. The summed E-state index contributed by atoms with van der Waals surface area (Å²) in [4.78, 5) is 28.3. The summed E-state index contributed by atoms with van der Waals surface area (Å²) >= 11 is 1.27. The molecule has 7 heteroatoms. The second kappa shape index (κ2) is 8.98. The number of carbonyl (C=O) groups is 2. The number of carbonyl (C=O) groups excluding carboxylic acids is 2. The van der Waals surface area contributed by atoms with Gasteiger partial charge in [-0.1, -0.05) is 58.9 Å². The number of benzene rings is 1. The Labute approximate surface area is 170 Å². The van der Waals surface area contributed by atoms with Crippen LogP contribution in [0.3, 0.4) is 0 Å². The minimum absolute atomic E-state index is 0.0250. The van der Waals surface area contributed by atoms with Crippen molar-refractivity contribution >= 4 is 28.3 Å². The molecule has 0 spiro atoms. The molecular formula is C21H26N4O2S. The molecule has 0 aliphatic rings. The number of nitrogens with zero attached hydrogens (tertiary/aromatic N) is 2. The molecule has 0 fully saturated rings. The number of anilines is 1. The topological polar surface area (TPSA) is 94.9 Å². The number of aromatic nitrogens is 1. The Morgan fingerprint density at radius 1 is 1.21 bits per heavy atom. The second-order valence-electron chi connectivity index (χ2n) is 7.97. The van der Waals surface area contributed by atoms with Crippen LogP contribution in [0.2, 0.25) is 0 Å². The molecule has 0 saturated heterocycles. The fourth-order valence-corrected chi connectivity index (χ4v) is 3.15. The molecule has 1 heterocycles. The van der Waals surface area contributed by atoms with E-state index in [1.807, 2.05) is 24.3 Å². The molecule has 2 aromatic rings. The lowest BCUT2D eigenvalue weighted by atomic mass is 9.86. The van der Waals surface area contributed by atoms with Crippen LogP contribution in [0.1, 0.15) is 57.5 Å². The van der Waals surface area contributed by atoms with Gasteiger partial charge in [0, 0.05) is 11.3 Å². The quantitative estimate of drug-likeness (QED) is 0.770. The van der Waals surface area contributed by atoms with Crippen molar-refractivity contribution in [1.82, 2.24) is 10.3 Å². The molecule has 2 amide bonds. The van der Waals surface area contributed by atoms with Crippen molar-refractivity contribution in [3.05, 3.63) is 46.5 Å². The van der Waals surface area contributed by atoms with E-state index in [1.165, 1.54) is 11.3 Å². The van der Waals surface area contributed by atoms with E-state index in [0.717, 1.165) is 11.1 Å². The van der Waals surface area contributed by atoms with Crippen LogP contribution in [0.25, 0.3) is 0 Å². The maximum absolute atomic E-state index is 12.3. The summed E-state index contributed by atoms with van der Waals surface area (Å²) < 4.78 is 0. The monoisotopic (exact) mass is 398 g/mol. The average Bonchev–Trinajstić information content (AvgIpc) is 3.05. The summed E-state index contributed by atoms with van der Waals surface area (Å²) in [6.07, 6.45) is 0.0479. The minimum Gasteiger partial charge on any atom is -0.336 e. The summed E-state index contributed by atoms with van der Waals surface area (Å²) in [6.45, 7) is 9.96. The van der Waals surface area contributed by atoms with Crippen LogP contribution in [0.4, 0.5) is 5.13 Å². The average molecular weight is 399 g/mol. The zero-order chi connectivity index (χ0) is 20.9. The first-order valence-electron chi connectivity index (χ1n) is 9.15. The first-order valence-corrected chi connectivity index (χ1v) is 10.0. The first kappa shape index (κ1) is 21.6. The van der Waals surface area contributed by atoms with Gasteiger partial charge in [-0.3, -0.25) is 9.59 Å². The zero-order valence-electron chi connectivity index (χ0n) is 16.9. The van der Waals surface area contributed by atoms with Gasteiger partial charge in [-0.15, -0.1) is 11.3 Å². The molecular weight excluding hydrogens is 372 g/mol. The van der Waals surface area contributed by atoms with Gasteiger partial charge in [0.1, 0.15) is 6.04 Å². The Kier molecular flexibility index (Phi) is 6.92. The summed E-state index contributed by atoms with van der Waals surface area (Å²) in [5.41, 5.74) is 2.49. The summed E-state index contributed by atoms with van der Waals surface area (Å²) in [5, 5.41) is 17.1. The normalized spacial score (nSPS) is 12.3. The highest BCUT2D eigenvalue weighted by Crippen LogP contribution is 2.24. The van der Waals surface area contributed by atoms with Crippen molar-refractivity contribution in [2.45, 2.75) is 52.5 Å². The zero-order valence-corrected chi connectivity index (χ0v) is 17.7. The Hall–Kier alpha value is -2.72. The van der Waals surface area contributed by atoms with Crippen LogP contribution < -0.4 is 10.6 Å². The number of amides is 2. The van der Waals surface area contributed by atoms with E-state index in [9.17, 15) is 14.9 Å². The van der Waals surface area contributed by atoms with Gasteiger partial charge in [0.2, 0.25) is 11.8 Å². The highest BCUT2D eigenvalue weighted by atomic mass is 32.1. The van der Waals surface area contributed by atoms with E-state index in [4.69, 9.17) is 0 Å². The van der Waals surface area contributed by atoms with Gasteiger partial charge in [-0.2, -0.15) is 5.26 Å². The van der Waals surface area contributed by atoms with Crippen molar-refractivity contribution in [3.8, 4) is 6.07 Å². The van der Waals surface area contributed by atoms with E-state index in [2.05, 4.69) is 42.5 Å². The van der Waals surface area contributed by atoms with Gasteiger partial charge in [-0.25, -0.2) is 4.98 Å². The van der Waals surface area contributed by atoms with Crippen LogP contribution in [0, 0.1) is 17.2 Å². The smallest absolute Gasteiger partial charge is 0.228 e. The van der Waals surface area contributed by atoms with E-state index >= 15 is 0 Å². The highest BCUT2D eigenvalue weighted by Gasteiger charge is 2.18. The molecule has 0 radical (unpaired) electrons. The molecule has 1 aromatic heterocycles. The third-order valence-electron chi connectivity index (χ3n) is 4.19. The SMILES string of the molecule is CC(C)C(=O)Nc1nc(CC(=O)NC(C#N)c2ccc(C(C)(C)C)cc2)cs1. The maximum Gasteiger partial charge on any atom is 0.228 e. The van der Waals surface area contributed by atoms with Crippen LogP contribution in [0.15, 0.2) is 29.6 Å². The molecule has 0 bridgehead atoms. The number of thiazole rings is 1. The predicted octanol–water partition coefficient (Wildman–Crippen LogP) is 3.96. The van der Waals surface area contributed by atoms with Crippen molar-refractivity contribution in [3.63, 3.8) is 0 Å². The molecule has 0 aliphatic heterocycles. The fourth-order valence-electron chi connectivity index (χ4n) is 2.44. The fraction of sp³-hybridized carbons (Fsp3) is 0.429. The second-order valence-corrected chi connectivity index (χ2v) is 8.82. The number of hydrogen-bond acceptors (Lipinski definition) is 5. The largest absolute Gasteiger partial charge is 0.336 e. The minimum atomic E-state index is -0.722. The van der Waals surface area contributed by atoms with Gasteiger partial charge in [-0.05, 0) is 16.5 Å². The molecule has 2 N–H and O–H groups in total. The highest BCUT2D eigenvalue weighted by molar-refractivity contribution is 7.13. The Morgan fingerprint density at radius 2 is 1.86 bits per heavy atom. The van der Waals surface area contributed by atoms with Gasteiger partial charge in [0.15, 0.2) is 5.13 Å². The number of hydrogen-bond donors (Lipinski definition) is 2. The molecule has 148 valence electrons. The van der Waals surface area contributed by atoms with Crippen LogP contribution in [-0.4, -0.2) is 16.8 Å². The van der Waals surface area contributed by atoms with Gasteiger partial charge in [0.05, 0.1) is 18.2 Å². The van der Waals surface area contributed by atoms with E-state index in [0.29, 0.717) is 10.8 Å². The standard InChI is InChI=1S/C21H26N4O2S/c1-13(2)19(27)25-20-23-16(12-28-20)10-18(26)24-17(11-22)14-6-8-15(9-7-14)21(3,4)5/h6-9,12-13,17H,10H2,1-5H3,(H,24,26)(H,23,25,27). The lowest BCUT2D eigenvalue weighted by Crippen LogP contribution is -2.29. The van der Waals surface area contributed by atoms with Crippen molar-refractivity contribution in [2.24, 2.45) is 5.92 Å². The Bertz CT molecular complexity index is 873. The van der Waals surface area contributed by atoms with Crippen molar-refractivity contribution in [1.29, 1.82) is 5.26 Å². The van der Waals surface area contributed by atoms with Crippen molar-refractivity contribution < 1.29 is 9.59 Å². The number of nitrogens with one attached hydrogen (secondary N) is 2. The molecule has 2 rings (SSSR count). The van der Waals surface area contributed by atoms with Gasteiger partial charge >= 0.3 is 0 Å². The number of rotatable bonds is 6. The first-order chi connectivity index (χ1) is 13.1. The van der Waals surface area contributed by atoms with E-state index < -0.39 is 6.04 Å². The van der Waals surface area contributed by atoms with E-state index in [-0.39, 0.29) is 29.6 Å². The number of nitriles is 1. The molecule has 0 saturated carbocycles. The summed E-state index contributed by atoms with van der Waals surface area (Å²) in [6, 6.07) is 9.12. The van der Waals surface area contributed by atoms with Crippen LogP contribution >= 0.6 is 11.3 Å². The molecule has 1 unspecified atom stereocenters. The lowest BCUT2D eigenvalue weighted by Gasteiger charge is -2.20. The van der Waals surface area contributed by atoms with Gasteiger partial charge in [0.25, 0.3) is 0 Å². The van der Waals surface area contributed by atoms with E-state index in [1.54, 1.807) is 19.2 Å². The molecule has 6 nitrogen and oxygen atoms in total.